The molecule has 2 rings (SSSR count). The van der Waals surface area contributed by atoms with E-state index in [9.17, 15) is 9.59 Å². The van der Waals surface area contributed by atoms with Crippen molar-refractivity contribution in [2.45, 2.75) is 30.7 Å². The Kier molecular flexibility index (Phi) is 1.83. The van der Waals surface area contributed by atoms with Crippen molar-refractivity contribution >= 4 is 11.8 Å². The second-order valence-electron chi connectivity index (χ2n) is 3.23. The van der Waals surface area contributed by atoms with Crippen LogP contribution >= 0.6 is 11.8 Å². The van der Waals surface area contributed by atoms with Gasteiger partial charge in [0.1, 0.15) is 0 Å². The van der Waals surface area contributed by atoms with E-state index in [0.717, 1.165) is 5.03 Å². The first kappa shape index (κ1) is 8.62. The van der Waals surface area contributed by atoms with E-state index in [1.165, 1.54) is 0 Å². The Labute approximate surface area is 79.0 Å². The molecule has 0 saturated heterocycles. The molecule has 1 aliphatic heterocycles. The maximum atomic E-state index is 11.3. The van der Waals surface area contributed by atoms with Gasteiger partial charge in [0.05, 0.1) is 5.03 Å². The Morgan fingerprint density at radius 3 is 2.92 bits per heavy atom. The van der Waals surface area contributed by atoms with Crippen LogP contribution in [0.2, 0.25) is 0 Å². The number of hydrogen-bond donors (Lipinski definition) is 1. The molecular weight excluding hydrogens is 188 g/mol. The molecule has 1 aromatic rings. The number of rotatable bonds is 0. The smallest absolute Gasteiger partial charge is 0.287 e. The van der Waals surface area contributed by atoms with Gasteiger partial charge in [0.15, 0.2) is 0 Å². The molecule has 0 fully saturated rings. The molecule has 5 heteroatoms. The van der Waals surface area contributed by atoms with Crippen molar-refractivity contribution in [3.63, 3.8) is 0 Å². The van der Waals surface area contributed by atoms with Crippen LogP contribution in [0.15, 0.2) is 14.6 Å². The highest BCUT2D eigenvalue weighted by atomic mass is 32.2. The number of nitrogens with one attached hydrogen (secondary N) is 1. The SMILES string of the molecule is Cc1c2n(c(=O)[nH]c1=O)CC(C)S2. The summed E-state index contributed by atoms with van der Waals surface area (Å²) in [6.07, 6.45) is 0. The summed E-state index contributed by atoms with van der Waals surface area (Å²) in [7, 11) is 0. The minimum absolute atomic E-state index is 0.266. The first-order valence-corrected chi connectivity index (χ1v) is 4.98. The molecule has 1 aromatic heterocycles. The standard InChI is InChI=1S/C8H10N2O2S/c1-4-3-10-7(13-4)5(2)6(11)9-8(10)12/h4H,3H2,1-2H3,(H,9,11,12). The van der Waals surface area contributed by atoms with E-state index in [4.69, 9.17) is 0 Å². The molecule has 70 valence electrons. The van der Waals surface area contributed by atoms with Gasteiger partial charge in [0.2, 0.25) is 0 Å². The fourth-order valence-electron chi connectivity index (χ4n) is 1.45. The molecule has 0 aromatic carbocycles. The zero-order valence-electron chi connectivity index (χ0n) is 7.46. The molecule has 0 spiro atoms. The fraction of sp³-hybridized carbons (Fsp3) is 0.500. The van der Waals surface area contributed by atoms with Crippen molar-refractivity contribution in [3.8, 4) is 0 Å². The van der Waals surface area contributed by atoms with E-state index in [-0.39, 0.29) is 11.2 Å². The summed E-state index contributed by atoms with van der Waals surface area (Å²) in [6, 6.07) is 0. The van der Waals surface area contributed by atoms with Crippen molar-refractivity contribution in [2.24, 2.45) is 0 Å². The van der Waals surface area contributed by atoms with Crippen molar-refractivity contribution in [1.82, 2.24) is 9.55 Å². The van der Waals surface area contributed by atoms with E-state index in [0.29, 0.717) is 17.4 Å². The molecule has 0 amide bonds. The number of H-pyrrole nitrogens is 1. The van der Waals surface area contributed by atoms with Gasteiger partial charge in [0, 0.05) is 17.4 Å². The molecule has 0 radical (unpaired) electrons. The van der Waals surface area contributed by atoms with Gasteiger partial charge in [-0.15, -0.1) is 11.8 Å². The molecule has 0 aliphatic carbocycles. The number of aromatic nitrogens is 2. The Balaban J connectivity index is 2.77. The first-order valence-electron chi connectivity index (χ1n) is 4.10. The zero-order chi connectivity index (χ0) is 9.59. The number of hydrogen-bond acceptors (Lipinski definition) is 3. The molecule has 1 aliphatic rings. The number of aromatic amines is 1. The highest BCUT2D eigenvalue weighted by molar-refractivity contribution is 8.00. The van der Waals surface area contributed by atoms with Gasteiger partial charge in [-0.1, -0.05) is 6.92 Å². The van der Waals surface area contributed by atoms with Gasteiger partial charge in [-0.2, -0.15) is 0 Å². The minimum atomic E-state index is -0.289. The second-order valence-corrected chi connectivity index (χ2v) is 4.66. The summed E-state index contributed by atoms with van der Waals surface area (Å²) in [4.78, 5) is 24.8. The van der Waals surface area contributed by atoms with Crippen molar-refractivity contribution < 1.29 is 0 Å². The average molecular weight is 198 g/mol. The third-order valence-electron chi connectivity index (χ3n) is 2.12. The van der Waals surface area contributed by atoms with Crippen LogP contribution in [-0.4, -0.2) is 14.8 Å². The van der Waals surface area contributed by atoms with Crippen LogP contribution in [0.1, 0.15) is 12.5 Å². The third-order valence-corrected chi connectivity index (χ3v) is 3.43. The Hall–Kier alpha value is -0.970. The average Bonchev–Trinajstić information content (AvgIpc) is 2.44. The minimum Gasteiger partial charge on any atom is -0.287 e. The molecule has 1 unspecified atom stereocenters. The molecule has 2 heterocycles. The van der Waals surface area contributed by atoms with E-state index in [1.54, 1.807) is 23.3 Å². The monoisotopic (exact) mass is 198 g/mol. The van der Waals surface area contributed by atoms with Crippen LogP contribution in [-0.2, 0) is 6.54 Å². The van der Waals surface area contributed by atoms with Crippen LogP contribution in [0.3, 0.4) is 0 Å². The van der Waals surface area contributed by atoms with Crippen LogP contribution in [0.5, 0.6) is 0 Å². The number of nitrogens with zero attached hydrogens (tertiary/aromatic N) is 1. The second kappa shape index (κ2) is 2.77. The lowest BCUT2D eigenvalue weighted by Gasteiger charge is -2.01. The topological polar surface area (TPSA) is 54.9 Å². The maximum absolute atomic E-state index is 11.3. The van der Waals surface area contributed by atoms with Gasteiger partial charge in [-0.05, 0) is 6.92 Å². The zero-order valence-corrected chi connectivity index (χ0v) is 8.27. The van der Waals surface area contributed by atoms with E-state index >= 15 is 0 Å². The summed E-state index contributed by atoms with van der Waals surface area (Å²) < 4.78 is 1.63. The normalized spacial score (nSPS) is 20.3. The lowest BCUT2D eigenvalue weighted by atomic mass is 10.4. The lowest BCUT2D eigenvalue weighted by Crippen LogP contribution is -2.31. The summed E-state index contributed by atoms with van der Waals surface area (Å²) in [5, 5.41) is 1.20. The maximum Gasteiger partial charge on any atom is 0.329 e. The molecule has 0 bridgehead atoms. The highest BCUT2D eigenvalue weighted by Gasteiger charge is 2.22. The van der Waals surface area contributed by atoms with Crippen molar-refractivity contribution in [1.29, 1.82) is 0 Å². The molecule has 13 heavy (non-hydrogen) atoms. The summed E-state index contributed by atoms with van der Waals surface area (Å²) >= 11 is 1.59. The predicted octanol–water partition coefficient (Wildman–Crippen LogP) is 0.339. The van der Waals surface area contributed by atoms with Crippen LogP contribution in [0.25, 0.3) is 0 Å². The summed E-state index contributed by atoms with van der Waals surface area (Å²) in [5.41, 5.74) is 0.0919. The van der Waals surface area contributed by atoms with Crippen molar-refractivity contribution in [3.05, 3.63) is 26.4 Å². The van der Waals surface area contributed by atoms with Crippen molar-refractivity contribution in [2.75, 3.05) is 0 Å². The quantitative estimate of drug-likeness (QED) is 0.611. The predicted molar refractivity (Wildman–Crippen MR) is 51.4 cm³/mol. The largest absolute Gasteiger partial charge is 0.329 e. The van der Waals surface area contributed by atoms with Crippen LogP contribution in [0.4, 0.5) is 0 Å². The third kappa shape index (κ3) is 1.23. The van der Waals surface area contributed by atoms with Gasteiger partial charge >= 0.3 is 5.69 Å². The number of thioether (sulfide) groups is 1. The van der Waals surface area contributed by atoms with Gasteiger partial charge in [-0.25, -0.2) is 4.79 Å². The highest BCUT2D eigenvalue weighted by Crippen LogP contribution is 2.30. The van der Waals surface area contributed by atoms with Crippen LogP contribution in [0, 0.1) is 6.92 Å². The van der Waals surface area contributed by atoms with Gasteiger partial charge in [0.25, 0.3) is 5.56 Å². The van der Waals surface area contributed by atoms with Gasteiger partial charge < -0.3 is 0 Å². The van der Waals surface area contributed by atoms with E-state index in [1.807, 2.05) is 6.92 Å². The molecule has 1 atom stereocenters. The Morgan fingerprint density at radius 1 is 1.54 bits per heavy atom. The first-order chi connectivity index (χ1) is 6.09. The summed E-state index contributed by atoms with van der Waals surface area (Å²) in [6.45, 7) is 4.48. The Morgan fingerprint density at radius 2 is 2.23 bits per heavy atom. The summed E-state index contributed by atoms with van der Waals surface area (Å²) in [5.74, 6) is 0. The Bertz CT molecular complexity index is 460. The molecule has 4 nitrogen and oxygen atoms in total. The molecule has 1 N–H and O–H groups in total. The van der Waals surface area contributed by atoms with Gasteiger partial charge in [-0.3, -0.25) is 14.3 Å². The molecule has 0 saturated carbocycles. The number of fused-ring (bicyclic) bond motifs is 1. The van der Waals surface area contributed by atoms with Crippen LogP contribution < -0.4 is 11.2 Å². The lowest BCUT2D eigenvalue weighted by molar-refractivity contribution is 0.613. The fourth-order valence-corrected chi connectivity index (χ4v) is 2.61. The van der Waals surface area contributed by atoms with E-state index < -0.39 is 0 Å². The molecular formula is C8H10N2O2S. The van der Waals surface area contributed by atoms with E-state index in [2.05, 4.69) is 4.98 Å².